The van der Waals surface area contributed by atoms with Gasteiger partial charge in [-0.05, 0) is 35.2 Å². The maximum absolute atomic E-state index is 12.4. The topological polar surface area (TPSA) is 73.9 Å². The molecule has 0 fully saturated rings. The summed E-state index contributed by atoms with van der Waals surface area (Å²) in [6.45, 7) is 6.76. The summed E-state index contributed by atoms with van der Waals surface area (Å²) in [5.74, 6) is 1.54. The molecule has 0 saturated carbocycles. The van der Waals surface area contributed by atoms with E-state index in [2.05, 4.69) is 25.5 Å². The highest BCUT2D eigenvalue weighted by Gasteiger charge is 2.17. The molecule has 2 aromatic carbocycles. The summed E-state index contributed by atoms with van der Waals surface area (Å²) in [7, 11) is -0.713. The highest BCUT2D eigenvalue weighted by molar-refractivity contribution is 7.89. The second-order valence-electron chi connectivity index (χ2n) is 7.04. The molecule has 0 aliphatic carbocycles. The first-order valence-electron chi connectivity index (χ1n) is 8.62. The lowest BCUT2D eigenvalue weighted by atomic mass is 9.87. The van der Waals surface area contributed by atoms with E-state index in [1.54, 1.807) is 6.07 Å². The van der Waals surface area contributed by atoms with Crippen LogP contribution in [0, 0.1) is 0 Å². The molecule has 1 N–H and O–H groups in total. The molecule has 0 bridgehead atoms. The monoisotopic (exact) mass is 393 g/mol. The number of hydrogen-bond acceptors (Lipinski definition) is 5. The lowest BCUT2D eigenvalue weighted by Crippen LogP contribution is -2.28. The van der Waals surface area contributed by atoms with Crippen LogP contribution in [0.25, 0.3) is 0 Å². The highest BCUT2D eigenvalue weighted by atomic mass is 32.2. The largest absolute Gasteiger partial charge is 0.493 e. The van der Waals surface area contributed by atoms with Gasteiger partial charge < -0.3 is 14.2 Å². The predicted molar refractivity (Wildman–Crippen MR) is 105 cm³/mol. The van der Waals surface area contributed by atoms with Gasteiger partial charge in [0.25, 0.3) is 0 Å². The van der Waals surface area contributed by atoms with Crippen molar-refractivity contribution in [2.75, 3.05) is 27.4 Å². The summed E-state index contributed by atoms with van der Waals surface area (Å²) in [6.07, 6.45) is 0. The van der Waals surface area contributed by atoms with Crippen LogP contribution in [0.5, 0.6) is 17.2 Å². The zero-order valence-corrected chi connectivity index (χ0v) is 17.2. The third kappa shape index (κ3) is 5.61. The molecule has 0 radical (unpaired) electrons. The maximum atomic E-state index is 12.4. The lowest BCUT2D eigenvalue weighted by molar-refractivity contribution is 0.322. The number of hydrogen-bond donors (Lipinski definition) is 1. The molecule has 0 spiro atoms. The van der Waals surface area contributed by atoms with Crippen LogP contribution in [0.3, 0.4) is 0 Å². The number of ether oxygens (including phenoxy) is 3. The van der Waals surface area contributed by atoms with Crippen LogP contribution >= 0.6 is 0 Å². The SMILES string of the molecule is COc1ccc(S(=O)(=O)NCCOc2cccc(C(C)(C)C)c2)cc1OC. The van der Waals surface area contributed by atoms with Crippen LogP contribution in [0.1, 0.15) is 26.3 Å². The molecular formula is C20H27NO5S. The Morgan fingerprint density at radius 3 is 2.30 bits per heavy atom. The molecule has 7 heteroatoms. The molecular weight excluding hydrogens is 366 g/mol. The first-order valence-corrected chi connectivity index (χ1v) is 10.1. The van der Waals surface area contributed by atoms with Crippen molar-refractivity contribution < 1.29 is 22.6 Å². The van der Waals surface area contributed by atoms with Crippen molar-refractivity contribution in [1.29, 1.82) is 0 Å². The van der Waals surface area contributed by atoms with Gasteiger partial charge in [0.15, 0.2) is 11.5 Å². The Bertz CT molecular complexity index is 872. The van der Waals surface area contributed by atoms with Gasteiger partial charge in [0, 0.05) is 12.6 Å². The summed E-state index contributed by atoms with van der Waals surface area (Å²) in [5, 5.41) is 0. The van der Waals surface area contributed by atoms with Crippen LogP contribution in [-0.2, 0) is 15.4 Å². The van der Waals surface area contributed by atoms with E-state index < -0.39 is 10.0 Å². The fraction of sp³-hybridized carbons (Fsp3) is 0.400. The first kappa shape index (κ1) is 21.1. The van der Waals surface area contributed by atoms with Crippen LogP contribution in [0.2, 0.25) is 0 Å². The van der Waals surface area contributed by atoms with E-state index in [9.17, 15) is 8.42 Å². The number of benzene rings is 2. The number of rotatable bonds is 8. The highest BCUT2D eigenvalue weighted by Crippen LogP contribution is 2.29. The lowest BCUT2D eigenvalue weighted by Gasteiger charge is -2.19. The Balaban J connectivity index is 1.97. The molecule has 0 heterocycles. The standard InChI is InChI=1S/C20H27NO5S/c1-20(2,3)15-7-6-8-16(13-15)26-12-11-21-27(22,23)17-9-10-18(24-4)19(14-17)25-5/h6-10,13-14,21H,11-12H2,1-5H3. The second kappa shape index (κ2) is 8.63. The van der Waals surface area contributed by atoms with E-state index in [1.807, 2.05) is 24.3 Å². The molecule has 0 aliphatic rings. The minimum Gasteiger partial charge on any atom is -0.493 e. The van der Waals surface area contributed by atoms with Crippen molar-refractivity contribution in [2.24, 2.45) is 0 Å². The molecule has 27 heavy (non-hydrogen) atoms. The summed E-state index contributed by atoms with van der Waals surface area (Å²) < 4.78 is 43.4. The van der Waals surface area contributed by atoms with Crippen molar-refractivity contribution in [3.05, 3.63) is 48.0 Å². The molecule has 0 amide bonds. The van der Waals surface area contributed by atoms with Crippen LogP contribution < -0.4 is 18.9 Å². The average molecular weight is 394 g/mol. The van der Waals surface area contributed by atoms with E-state index in [4.69, 9.17) is 14.2 Å². The minimum absolute atomic E-state index is 0.0222. The number of nitrogens with one attached hydrogen (secondary N) is 1. The van der Waals surface area contributed by atoms with Crippen molar-refractivity contribution in [3.8, 4) is 17.2 Å². The normalized spacial score (nSPS) is 11.9. The fourth-order valence-corrected chi connectivity index (χ4v) is 3.49. The van der Waals surface area contributed by atoms with Crippen LogP contribution in [-0.4, -0.2) is 35.8 Å². The van der Waals surface area contributed by atoms with Crippen molar-refractivity contribution in [1.82, 2.24) is 4.72 Å². The van der Waals surface area contributed by atoms with Crippen molar-refractivity contribution in [3.63, 3.8) is 0 Å². The van der Waals surface area contributed by atoms with Gasteiger partial charge in [-0.25, -0.2) is 13.1 Å². The maximum Gasteiger partial charge on any atom is 0.240 e. The van der Waals surface area contributed by atoms with Crippen LogP contribution in [0.4, 0.5) is 0 Å². The number of sulfonamides is 1. The van der Waals surface area contributed by atoms with E-state index >= 15 is 0 Å². The van der Waals surface area contributed by atoms with Crippen molar-refractivity contribution >= 4 is 10.0 Å². The van der Waals surface area contributed by atoms with E-state index in [0.29, 0.717) is 17.2 Å². The summed E-state index contributed by atoms with van der Waals surface area (Å²) in [6, 6.07) is 12.3. The molecule has 0 aliphatic heterocycles. The van der Waals surface area contributed by atoms with Gasteiger partial charge in [0.1, 0.15) is 12.4 Å². The molecule has 6 nitrogen and oxygen atoms in total. The van der Waals surface area contributed by atoms with Gasteiger partial charge in [-0.1, -0.05) is 32.9 Å². The molecule has 0 aromatic heterocycles. The summed E-state index contributed by atoms with van der Waals surface area (Å²) in [4.78, 5) is 0.106. The molecule has 0 saturated heterocycles. The third-order valence-electron chi connectivity index (χ3n) is 4.03. The van der Waals surface area contributed by atoms with Gasteiger partial charge in [-0.2, -0.15) is 0 Å². The Morgan fingerprint density at radius 1 is 0.963 bits per heavy atom. The summed E-state index contributed by atoms with van der Waals surface area (Å²) >= 11 is 0. The van der Waals surface area contributed by atoms with E-state index in [0.717, 1.165) is 5.56 Å². The molecule has 0 atom stereocenters. The zero-order valence-electron chi connectivity index (χ0n) is 16.4. The first-order chi connectivity index (χ1) is 12.7. The zero-order chi connectivity index (χ0) is 20.1. The van der Waals surface area contributed by atoms with E-state index in [-0.39, 0.29) is 23.5 Å². The smallest absolute Gasteiger partial charge is 0.240 e. The van der Waals surface area contributed by atoms with Gasteiger partial charge in [-0.3, -0.25) is 0 Å². The van der Waals surface area contributed by atoms with Gasteiger partial charge in [0.2, 0.25) is 10.0 Å². The third-order valence-corrected chi connectivity index (χ3v) is 5.49. The Hall–Kier alpha value is -2.25. The Morgan fingerprint density at radius 2 is 1.67 bits per heavy atom. The summed E-state index contributed by atoms with van der Waals surface area (Å²) in [5.41, 5.74) is 1.18. The number of methoxy groups -OCH3 is 2. The van der Waals surface area contributed by atoms with Gasteiger partial charge in [-0.15, -0.1) is 0 Å². The van der Waals surface area contributed by atoms with Crippen LogP contribution in [0.15, 0.2) is 47.4 Å². The van der Waals surface area contributed by atoms with E-state index in [1.165, 1.54) is 26.4 Å². The van der Waals surface area contributed by atoms with Crippen molar-refractivity contribution in [2.45, 2.75) is 31.1 Å². The van der Waals surface area contributed by atoms with Gasteiger partial charge in [0.05, 0.1) is 19.1 Å². The molecule has 2 aromatic rings. The predicted octanol–water partition coefficient (Wildman–Crippen LogP) is 3.36. The molecule has 148 valence electrons. The second-order valence-corrected chi connectivity index (χ2v) is 8.81. The molecule has 0 unspecified atom stereocenters. The quantitative estimate of drug-likeness (QED) is 0.696. The Kier molecular flexibility index (Phi) is 6.73. The Labute approximate surface area is 161 Å². The average Bonchev–Trinajstić information content (AvgIpc) is 2.64. The minimum atomic E-state index is -3.67. The fourth-order valence-electron chi connectivity index (χ4n) is 2.46. The molecule has 2 rings (SSSR count). The van der Waals surface area contributed by atoms with Gasteiger partial charge >= 0.3 is 0 Å².